The number of nitrogen functional groups attached to an aromatic ring is 1. The van der Waals surface area contributed by atoms with E-state index in [1.54, 1.807) is 25.1 Å². The van der Waals surface area contributed by atoms with Gasteiger partial charge in [-0.1, -0.05) is 6.07 Å². The molecule has 0 radical (unpaired) electrons. The van der Waals surface area contributed by atoms with Gasteiger partial charge in [-0.2, -0.15) is 5.10 Å². The Balaban J connectivity index is 2.23. The summed E-state index contributed by atoms with van der Waals surface area (Å²) in [6, 6.07) is 9.21. The molecule has 0 atom stereocenters. The molecular weight excluding hydrogens is 340 g/mol. The molecule has 0 aliphatic heterocycles. The number of amides is 1. The van der Waals surface area contributed by atoms with Crippen LogP contribution in [0, 0.1) is 10.1 Å². The molecule has 0 bridgehead atoms. The highest BCUT2D eigenvalue weighted by Crippen LogP contribution is 2.37. The third-order valence-corrected chi connectivity index (χ3v) is 3.29. The molecule has 26 heavy (non-hydrogen) atoms. The number of rotatable bonds is 7. The van der Waals surface area contributed by atoms with Gasteiger partial charge >= 0.3 is 5.69 Å². The number of benzene rings is 2. The standard InChI is InChI=1S/C17H18N4O5/c1-3-26-16-14(21(23)24)7-11(8-15(16)25-2)10-19-20-17(22)12-5-4-6-13(18)9-12/h4-10H,3,18H2,1-2H3,(H,20,22)/b19-10-. The predicted octanol–water partition coefficient (Wildman–Crippen LogP) is 2.35. The van der Waals surface area contributed by atoms with Crippen LogP contribution < -0.4 is 20.6 Å². The lowest BCUT2D eigenvalue weighted by Crippen LogP contribution is -2.17. The van der Waals surface area contributed by atoms with Crippen molar-refractivity contribution < 1.29 is 19.2 Å². The second kappa shape index (κ2) is 8.47. The van der Waals surface area contributed by atoms with Gasteiger partial charge < -0.3 is 15.2 Å². The van der Waals surface area contributed by atoms with Gasteiger partial charge in [0.1, 0.15) is 0 Å². The van der Waals surface area contributed by atoms with Crippen LogP contribution >= 0.6 is 0 Å². The van der Waals surface area contributed by atoms with E-state index in [0.29, 0.717) is 16.8 Å². The van der Waals surface area contributed by atoms with Crippen molar-refractivity contribution >= 4 is 23.5 Å². The van der Waals surface area contributed by atoms with Crippen molar-refractivity contribution in [2.75, 3.05) is 19.5 Å². The Morgan fingerprint density at radius 2 is 2.15 bits per heavy atom. The summed E-state index contributed by atoms with van der Waals surface area (Å²) in [4.78, 5) is 22.7. The van der Waals surface area contributed by atoms with Crippen LogP contribution in [-0.2, 0) is 0 Å². The van der Waals surface area contributed by atoms with Gasteiger partial charge in [-0.3, -0.25) is 14.9 Å². The first kappa shape index (κ1) is 18.7. The number of nitrogens with one attached hydrogen (secondary N) is 1. The van der Waals surface area contributed by atoms with E-state index in [9.17, 15) is 14.9 Å². The number of hydrazone groups is 1. The molecule has 0 aliphatic carbocycles. The first-order valence-corrected chi connectivity index (χ1v) is 7.64. The Hall–Kier alpha value is -3.62. The molecule has 2 aromatic carbocycles. The summed E-state index contributed by atoms with van der Waals surface area (Å²) >= 11 is 0. The Labute approximate surface area is 149 Å². The van der Waals surface area contributed by atoms with Crippen molar-refractivity contribution in [1.82, 2.24) is 5.43 Å². The fourth-order valence-electron chi connectivity index (χ4n) is 2.17. The highest BCUT2D eigenvalue weighted by Gasteiger charge is 2.21. The van der Waals surface area contributed by atoms with E-state index < -0.39 is 10.8 Å². The lowest BCUT2D eigenvalue weighted by atomic mass is 10.2. The van der Waals surface area contributed by atoms with Gasteiger partial charge in [0.25, 0.3) is 5.91 Å². The molecule has 136 valence electrons. The van der Waals surface area contributed by atoms with Gasteiger partial charge in [-0.15, -0.1) is 0 Å². The van der Waals surface area contributed by atoms with Crippen LogP contribution in [0.25, 0.3) is 0 Å². The van der Waals surface area contributed by atoms with E-state index in [1.165, 1.54) is 31.5 Å². The van der Waals surface area contributed by atoms with Crippen LogP contribution in [0.15, 0.2) is 41.5 Å². The van der Waals surface area contributed by atoms with Crippen molar-refractivity contribution in [1.29, 1.82) is 0 Å². The third kappa shape index (κ3) is 4.47. The van der Waals surface area contributed by atoms with E-state index in [2.05, 4.69) is 10.5 Å². The number of anilines is 1. The topological polar surface area (TPSA) is 129 Å². The average molecular weight is 358 g/mol. The highest BCUT2D eigenvalue weighted by molar-refractivity contribution is 5.95. The fraction of sp³-hybridized carbons (Fsp3) is 0.176. The monoisotopic (exact) mass is 358 g/mol. The maximum Gasteiger partial charge on any atom is 0.315 e. The van der Waals surface area contributed by atoms with Gasteiger partial charge in [-0.05, 0) is 31.2 Å². The maximum atomic E-state index is 12.0. The van der Waals surface area contributed by atoms with Crippen LogP contribution in [0.3, 0.4) is 0 Å². The van der Waals surface area contributed by atoms with Crippen molar-refractivity contribution in [3.63, 3.8) is 0 Å². The number of ether oxygens (including phenoxy) is 2. The summed E-state index contributed by atoms with van der Waals surface area (Å²) < 4.78 is 10.4. The van der Waals surface area contributed by atoms with Crippen LogP contribution in [0.1, 0.15) is 22.8 Å². The van der Waals surface area contributed by atoms with Crippen molar-refractivity contribution in [2.45, 2.75) is 6.92 Å². The average Bonchev–Trinajstić information content (AvgIpc) is 2.62. The highest BCUT2D eigenvalue weighted by atomic mass is 16.6. The summed E-state index contributed by atoms with van der Waals surface area (Å²) in [6.45, 7) is 1.96. The molecule has 0 saturated heterocycles. The Bertz CT molecular complexity index is 851. The maximum absolute atomic E-state index is 12.0. The first-order chi connectivity index (χ1) is 12.5. The quantitative estimate of drug-likeness (QED) is 0.338. The zero-order valence-electron chi connectivity index (χ0n) is 14.3. The molecule has 0 saturated carbocycles. The number of methoxy groups -OCH3 is 1. The number of nitro benzene ring substituents is 1. The summed E-state index contributed by atoms with van der Waals surface area (Å²) in [5.74, 6) is -0.216. The Kier molecular flexibility index (Phi) is 6.10. The van der Waals surface area contributed by atoms with Gasteiger partial charge in [-0.25, -0.2) is 5.43 Å². The third-order valence-electron chi connectivity index (χ3n) is 3.29. The fourth-order valence-corrected chi connectivity index (χ4v) is 2.17. The van der Waals surface area contributed by atoms with E-state index >= 15 is 0 Å². The van der Waals surface area contributed by atoms with Gasteiger partial charge in [0.05, 0.1) is 24.9 Å². The predicted molar refractivity (Wildman–Crippen MR) is 96.7 cm³/mol. The van der Waals surface area contributed by atoms with Crippen LogP contribution in [0.4, 0.5) is 11.4 Å². The SMILES string of the molecule is CCOc1c(OC)cc(/C=N\NC(=O)c2cccc(N)c2)cc1[N+](=O)[O-]. The number of nitro groups is 1. The second-order valence-electron chi connectivity index (χ2n) is 5.09. The molecule has 0 heterocycles. The van der Waals surface area contributed by atoms with Crippen molar-refractivity contribution in [3.05, 3.63) is 57.6 Å². The minimum Gasteiger partial charge on any atom is -0.493 e. The summed E-state index contributed by atoms with van der Waals surface area (Å²) in [5, 5.41) is 15.1. The molecule has 0 fully saturated rings. The van der Waals surface area contributed by atoms with Crippen molar-refractivity contribution in [2.24, 2.45) is 5.10 Å². The molecule has 1 amide bonds. The number of carbonyl (C=O) groups excluding carboxylic acids is 1. The molecule has 2 aromatic rings. The zero-order chi connectivity index (χ0) is 19.1. The number of hydrogen-bond acceptors (Lipinski definition) is 7. The molecule has 0 aliphatic rings. The summed E-state index contributed by atoms with van der Waals surface area (Å²) in [7, 11) is 1.38. The molecule has 2 rings (SSSR count). The molecule has 9 heteroatoms. The normalized spacial score (nSPS) is 10.5. The van der Waals surface area contributed by atoms with Gasteiger partial charge in [0.15, 0.2) is 5.75 Å². The van der Waals surface area contributed by atoms with E-state index in [1.807, 2.05) is 0 Å². The molecule has 9 nitrogen and oxygen atoms in total. The molecule has 3 N–H and O–H groups in total. The lowest BCUT2D eigenvalue weighted by Gasteiger charge is -2.10. The Morgan fingerprint density at radius 3 is 2.77 bits per heavy atom. The minimum absolute atomic E-state index is 0.0425. The van der Waals surface area contributed by atoms with Crippen LogP contribution in [-0.4, -0.2) is 30.8 Å². The molecule has 0 unspecified atom stereocenters. The largest absolute Gasteiger partial charge is 0.493 e. The van der Waals surface area contributed by atoms with E-state index in [4.69, 9.17) is 15.2 Å². The number of nitrogens with zero attached hydrogens (tertiary/aromatic N) is 2. The second-order valence-corrected chi connectivity index (χ2v) is 5.09. The number of hydrogen-bond donors (Lipinski definition) is 2. The first-order valence-electron chi connectivity index (χ1n) is 7.64. The van der Waals surface area contributed by atoms with Crippen LogP contribution in [0.5, 0.6) is 11.5 Å². The molecule has 0 aromatic heterocycles. The van der Waals surface area contributed by atoms with Gasteiger partial charge in [0, 0.05) is 22.9 Å². The van der Waals surface area contributed by atoms with Crippen molar-refractivity contribution in [3.8, 4) is 11.5 Å². The summed E-state index contributed by atoms with van der Waals surface area (Å²) in [5.41, 5.74) is 8.87. The summed E-state index contributed by atoms with van der Waals surface area (Å²) in [6.07, 6.45) is 1.27. The number of carbonyl (C=O) groups is 1. The lowest BCUT2D eigenvalue weighted by molar-refractivity contribution is -0.385. The molecule has 0 spiro atoms. The Morgan fingerprint density at radius 1 is 1.38 bits per heavy atom. The van der Waals surface area contributed by atoms with Crippen LogP contribution in [0.2, 0.25) is 0 Å². The molecular formula is C17H18N4O5. The smallest absolute Gasteiger partial charge is 0.315 e. The van der Waals surface area contributed by atoms with E-state index in [0.717, 1.165) is 0 Å². The number of nitrogens with two attached hydrogens (primary N) is 1. The van der Waals surface area contributed by atoms with Gasteiger partial charge in [0.2, 0.25) is 5.75 Å². The zero-order valence-corrected chi connectivity index (χ0v) is 14.3. The van der Waals surface area contributed by atoms with E-state index in [-0.39, 0.29) is 23.8 Å². The minimum atomic E-state index is -0.573.